The van der Waals surface area contributed by atoms with Crippen LogP contribution >= 0.6 is 0 Å². The first-order chi connectivity index (χ1) is 11.9. The van der Waals surface area contributed by atoms with E-state index in [1.54, 1.807) is 43.3 Å². The Morgan fingerprint density at radius 1 is 1.08 bits per heavy atom. The maximum atomic E-state index is 13.0. The molecule has 2 aromatic rings. The van der Waals surface area contributed by atoms with E-state index in [4.69, 9.17) is 0 Å². The van der Waals surface area contributed by atoms with E-state index in [1.165, 1.54) is 16.4 Å². The lowest BCUT2D eigenvalue weighted by molar-refractivity contribution is 0.0949. The molecule has 25 heavy (non-hydrogen) atoms. The summed E-state index contributed by atoms with van der Waals surface area (Å²) in [7, 11) is -3.74. The summed E-state index contributed by atoms with van der Waals surface area (Å²) in [6.07, 6.45) is 0. The predicted molar refractivity (Wildman–Crippen MR) is 100 cm³/mol. The first-order valence-corrected chi connectivity index (χ1v) is 9.76. The lowest BCUT2D eigenvalue weighted by atomic mass is 10.2. The van der Waals surface area contributed by atoms with Crippen molar-refractivity contribution in [3.63, 3.8) is 0 Å². The van der Waals surface area contributed by atoms with Gasteiger partial charge in [0, 0.05) is 18.7 Å². The molecule has 0 aliphatic heterocycles. The van der Waals surface area contributed by atoms with Crippen LogP contribution in [0, 0.1) is 5.92 Å². The van der Waals surface area contributed by atoms with Crippen molar-refractivity contribution in [2.24, 2.45) is 5.92 Å². The molecule has 0 atom stereocenters. The van der Waals surface area contributed by atoms with Gasteiger partial charge < -0.3 is 5.32 Å². The van der Waals surface area contributed by atoms with Gasteiger partial charge in [0.2, 0.25) is 0 Å². The molecular weight excluding hydrogens is 336 g/mol. The van der Waals surface area contributed by atoms with Crippen molar-refractivity contribution in [3.8, 4) is 0 Å². The second kappa shape index (κ2) is 8.16. The van der Waals surface area contributed by atoms with Gasteiger partial charge in [0.15, 0.2) is 0 Å². The van der Waals surface area contributed by atoms with Gasteiger partial charge in [0.05, 0.1) is 10.6 Å². The Morgan fingerprint density at radius 2 is 1.76 bits per heavy atom. The fraction of sp³-hybridized carbons (Fsp3) is 0.316. The number of hydrogen-bond donors (Lipinski definition) is 1. The summed E-state index contributed by atoms with van der Waals surface area (Å²) < 4.78 is 27.3. The highest BCUT2D eigenvalue weighted by Crippen LogP contribution is 2.23. The van der Waals surface area contributed by atoms with Crippen molar-refractivity contribution < 1.29 is 13.2 Å². The minimum Gasteiger partial charge on any atom is -0.352 e. The van der Waals surface area contributed by atoms with Crippen LogP contribution in [0.2, 0.25) is 0 Å². The van der Waals surface area contributed by atoms with E-state index in [0.29, 0.717) is 30.3 Å². The molecule has 0 aromatic heterocycles. The summed E-state index contributed by atoms with van der Waals surface area (Å²) >= 11 is 0. The highest BCUT2D eigenvalue weighted by atomic mass is 32.2. The molecule has 2 rings (SSSR count). The summed E-state index contributed by atoms with van der Waals surface area (Å²) in [5, 5.41) is 2.80. The number of amides is 1. The van der Waals surface area contributed by atoms with Gasteiger partial charge in [0.1, 0.15) is 0 Å². The van der Waals surface area contributed by atoms with E-state index in [1.807, 2.05) is 19.9 Å². The van der Waals surface area contributed by atoms with Gasteiger partial charge >= 0.3 is 0 Å². The van der Waals surface area contributed by atoms with Crippen molar-refractivity contribution in [1.29, 1.82) is 0 Å². The Kier molecular flexibility index (Phi) is 6.20. The van der Waals surface area contributed by atoms with Crippen LogP contribution in [0.25, 0.3) is 0 Å². The SMILES string of the molecule is CCN(c1ccccc1)S(=O)(=O)c1cccc(C(=O)NCC(C)C)c1. The van der Waals surface area contributed by atoms with Crippen molar-refractivity contribution in [2.45, 2.75) is 25.7 Å². The number of para-hydroxylation sites is 1. The minimum atomic E-state index is -3.74. The van der Waals surface area contributed by atoms with Gasteiger partial charge in [-0.1, -0.05) is 38.1 Å². The van der Waals surface area contributed by atoms with E-state index >= 15 is 0 Å². The number of hydrogen-bond acceptors (Lipinski definition) is 3. The van der Waals surface area contributed by atoms with Crippen molar-refractivity contribution in [1.82, 2.24) is 5.32 Å². The van der Waals surface area contributed by atoms with E-state index in [-0.39, 0.29) is 10.8 Å². The second-order valence-corrected chi connectivity index (χ2v) is 8.00. The molecule has 1 N–H and O–H groups in total. The summed E-state index contributed by atoms with van der Waals surface area (Å²) in [6.45, 7) is 6.63. The maximum absolute atomic E-state index is 13.0. The minimum absolute atomic E-state index is 0.107. The third-order valence-electron chi connectivity index (χ3n) is 3.69. The van der Waals surface area contributed by atoms with Crippen LogP contribution in [0.3, 0.4) is 0 Å². The fourth-order valence-corrected chi connectivity index (χ4v) is 3.93. The third-order valence-corrected chi connectivity index (χ3v) is 5.59. The van der Waals surface area contributed by atoms with Crippen LogP contribution in [0.1, 0.15) is 31.1 Å². The van der Waals surface area contributed by atoms with Crippen molar-refractivity contribution in [3.05, 3.63) is 60.2 Å². The monoisotopic (exact) mass is 360 g/mol. The zero-order valence-electron chi connectivity index (χ0n) is 14.8. The summed E-state index contributed by atoms with van der Waals surface area (Å²) in [4.78, 5) is 12.3. The lowest BCUT2D eigenvalue weighted by Crippen LogP contribution is -2.31. The molecule has 1 amide bonds. The highest BCUT2D eigenvalue weighted by molar-refractivity contribution is 7.92. The second-order valence-electron chi connectivity index (χ2n) is 6.14. The molecule has 0 radical (unpaired) electrons. The first-order valence-electron chi connectivity index (χ1n) is 8.32. The van der Waals surface area contributed by atoms with Gasteiger partial charge in [-0.3, -0.25) is 9.10 Å². The van der Waals surface area contributed by atoms with Gasteiger partial charge in [-0.05, 0) is 43.2 Å². The molecule has 0 aliphatic carbocycles. The number of nitrogens with zero attached hydrogens (tertiary/aromatic N) is 1. The number of nitrogens with one attached hydrogen (secondary N) is 1. The quantitative estimate of drug-likeness (QED) is 0.824. The van der Waals surface area contributed by atoms with Crippen LogP contribution in [0.15, 0.2) is 59.5 Å². The summed E-state index contributed by atoms with van der Waals surface area (Å²) in [6, 6.07) is 15.1. The van der Waals surface area contributed by atoms with Crippen molar-refractivity contribution >= 4 is 21.6 Å². The Morgan fingerprint density at radius 3 is 2.36 bits per heavy atom. The number of carbonyl (C=O) groups is 1. The number of carbonyl (C=O) groups excluding carboxylic acids is 1. The summed E-state index contributed by atoms with van der Waals surface area (Å²) in [5.41, 5.74) is 0.936. The topological polar surface area (TPSA) is 66.5 Å². The number of sulfonamides is 1. The summed E-state index contributed by atoms with van der Waals surface area (Å²) in [5.74, 6) is 0.0537. The molecule has 0 spiro atoms. The average molecular weight is 360 g/mol. The lowest BCUT2D eigenvalue weighted by Gasteiger charge is -2.23. The zero-order valence-corrected chi connectivity index (χ0v) is 15.6. The third kappa shape index (κ3) is 4.60. The molecule has 0 saturated heterocycles. The maximum Gasteiger partial charge on any atom is 0.264 e. The van der Waals surface area contributed by atoms with Gasteiger partial charge in [-0.15, -0.1) is 0 Å². The van der Waals surface area contributed by atoms with E-state index in [0.717, 1.165) is 0 Å². The fourth-order valence-electron chi connectivity index (χ4n) is 2.41. The Bertz CT molecular complexity index is 818. The zero-order chi connectivity index (χ0) is 18.4. The molecule has 5 nitrogen and oxygen atoms in total. The standard InChI is InChI=1S/C19H24N2O3S/c1-4-21(17-10-6-5-7-11-17)25(23,24)18-12-8-9-16(13-18)19(22)20-14-15(2)3/h5-13,15H,4,14H2,1-3H3,(H,20,22). The van der Waals surface area contributed by atoms with Gasteiger partial charge in [-0.2, -0.15) is 0 Å². The van der Waals surface area contributed by atoms with Crippen LogP contribution in [-0.4, -0.2) is 27.4 Å². The number of rotatable bonds is 7. The van der Waals surface area contributed by atoms with Crippen LogP contribution in [0.4, 0.5) is 5.69 Å². The van der Waals surface area contributed by atoms with E-state index in [9.17, 15) is 13.2 Å². The molecule has 0 aliphatic rings. The largest absolute Gasteiger partial charge is 0.352 e. The molecule has 0 bridgehead atoms. The Labute approximate surface area is 149 Å². The number of anilines is 1. The van der Waals surface area contributed by atoms with Crippen molar-refractivity contribution in [2.75, 3.05) is 17.4 Å². The average Bonchev–Trinajstić information content (AvgIpc) is 2.61. The van der Waals surface area contributed by atoms with Crippen LogP contribution in [0.5, 0.6) is 0 Å². The van der Waals surface area contributed by atoms with Gasteiger partial charge in [0.25, 0.3) is 15.9 Å². The molecule has 0 heterocycles. The van der Waals surface area contributed by atoms with Gasteiger partial charge in [-0.25, -0.2) is 8.42 Å². The molecule has 0 fully saturated rings. The Hall–Kier alpha value is -2.34. The smallest absolute Gasteiger partial charge is 0.264 e. The molecule has 0 saturated carbocycles. The highest BCUT2D eigenvalue weighted by Gasteiger charge is 2.24. The molecule has 2 aromatic carbocycles. The molecule has 6 heteroatoms. The van der Waals surface area contributed by atoms with Crippen LogP contribution in [-0.2, 0) is 10.0 Å². The Balaban J connectivity index is 2.33. The molecule has 0 unspecified atom stereocenters. The van der Waals surface area contributed by atoms with Crippen LogP contribution < -0.4 is 9.62 Å². The normalized spacial score (nSPS) is 11.4. The number of benzene rings is 2. The van der Waals surface area contributed by atoms with E-state index in [2.05, 4.69) is 5.32 Å². The van der Waals surface area contributed by atoms with E-state index < -0.39 is 10.0 Å². The molecular formula is C19H24N2O3S. The predicted octanol–water partition coefficient (Wildman–Crippen LogP) is 3.29. The first kappa shape index (κ1) is 19.0. The molecule has 134 valence electrons.